The summed E-state index contributed by atoms with van der Waals surface area (Å²) in [6, 6.07) is 11.8. The largest absolute Gasteiger partial charge is 0.495 e. The summed E-state index contributed by atoms with van der Waals surface area (Å²) in [6.07, 6.45) is 3.62. The molecule has 0 aromatic heterocycles. The summed E-state index contributed by atoms with van der Waals surface area (Å²) in [6.45, 7) is 3.41. The van der Waals surface area contributed by atoms with Crippen LogP contribution >= 0.6 is 0 Å². The van der Waals surface area contributed by atoms with Crippen molar-refractivity contribution in [2.24, 2.45) is 0 Å². The zero-order chi connectivity index (χ0) is 20.1. The second kappa shape index (κ2) is 8.52. The summed E-state index contributed by atoms with van der Waals surface area (Å²) in [5, 5.41) is 2.58. The molecule has 3 rings (SSSR count). The molecule has 0 bridgehead atoms. The third-order valence-electron chi connectivity index (χ3n) is 4.61. The number of nitrogens with zero attached hydrogens (tertiary/aromatic N) is 1. The zero-order valence-electron chi connectivity index (χ0n) is 16.1. The second-order valence-corrected chi connectivity index (χ2v) is 8.40. The average molecular weight is 404 g/mol. The Labute approximate surface area is 165 Å². The Kier molecular flexibility index (Phi) is 6.08. The van der Waals surface area contributed by atoms with Gasteiger partial charge in [-0.15, -0.1) is 0 Å². The summed E-state index contributed by atoms with van der Waals surface area (Å²) in [4.78, 5) is 13.5. The molecule has 1 aliphatic rings. The first-order chi connectivity index (χ1) is 13.4. The van der Waals surface area contributed by atoms with E-state index in [1.165, 1.54) is 45.4 Å². The molecule has 0 radical (unpaired) electrons. The number of carbonyl (C=O) groups is 1. The molecule has 0 aliphatic carbocycles. The second-order valence-electron chi connectivity index (χ2n) is 6.75. The first-order valence-electron chi connectivity index (χ1n) is 9.22. The van der Waals surface area contributed by atoms with Crippen LogP contribution in [0.3, 0.4) is 0 Å². The highest BCUT2D eigenvalue weighted by Crippen LogP contribution is 2.29. The number of ether oxygens (including phenoxy) is 1. The van der Waals surface area contributed by atoms with Crippen LogP contribution in [0.4, 0.5) is 17.1 Å². The van der Waals surface area contributed by atoms with E-state index in [1.54, 1.807) is 18.2 Å². The molecule has 1 amide bonds. The standard InChI is InChI=1S/C20H25N3O4S/c1-15(24)21-17-8-11-19(27-2)20(14-17)28(25,26)22-16-6-9-18(10-7-16)23-12-4-3-5-13-23/h6-11,14,22H,3-5,12-13H2,1-2H3,(H,21,24). The number of amides is 1. The van der Waals surface area contributed by atoms with Crippen molar-refractivity contribution in [2.45, 2.75) is 31.1 Å². The van der Waals surface area contributed by atoms with E-state index in [0.717, 1.165) is 18.8 Å². The van der Waals surface area contributed by atoms with E-state index in [0.29, 0.717) is 11.4 Å². The Morgan fingerprint density at radius 1 is 1.00 bits per heavy atom. The Bertz CT molecular complexity index is 936. The number of anilines is 3. The number of hydrogen-bond acceptors (Lipinski definition) is 5. The van der Waals surface area contributed by atoms with Gasteiger partial charge in [0.05, 0.1) is 7.11 Å². The van der Waals surface area contributed by atoms with Crippen molar-refractivity contribution in [3.8, 4) is 5.75 Å². The molecule has 0 atom stereocenters. The Balaban J connectivity index is 1.82. The normalized spacial score (nSPS) is 14.4. The van der Waals surface area contributed by atoms with Crippen LogP contribution in [0, 0.1) is 0 Å². The molecular weight excluding hydrogens is 378 g/mol. The molecule has 150 valence electrons. The number of hydrogen-bond donors (Lipinski definition) is 2. The van der Waals surface area contributed by atoms with Crippen molar-refractivity contribution in [2.75, 3.05) is 35.1 Å². The van der Waals surface area contributed by atoms with Crippen molar-refractivity contribution < 1.29 is 17.9 Å². The molecule has 8 heteroatoms. The fraction of sp³-hybridized carbons (Fsp3) is 0.350. The van der Waals surface area contributed by atoms with Crippen LogP contribution in [-0.2, 0) is 14.8 Å². The van der Waals surface area contributed by atoms with E-state index in [9.17, 15) is 13.2 Å². The molecule has 1 saturated heterocycles. The van der Waals surface area contributed by atoms with E-state index in [2.05, 4.69) is 14.9 Å². The monoisotopic (exact) mass is 403 g/mol. The SMILES string of the molecule is COc1ccc(NC(C)=O)cc1S(=O)(=O)Nc1ccc(N2CCCCC2)cc1. The third-order valence-corrected chi connectivity index (χ3v) is 6.02. The van der Waals surface area contributed by atoms with E-state index >= 15 is 0 Å². The highest BCUT2D eigenvalue weighted by molar-refractivity contribution is 7.92. The third kappa shape index (κ3) is 4.75. The van der Waals surface area contributed by atoms with Crippen LogP contribution in [-0.4, -0.2) is 34.5 Å². The molecule has 0 spiro atoms. The summed E-state index contributed by atoms with van der Waals surface area (Å²) < 4.78 is 33.6. The fourth-order valence-electron chi connectivity index (χ4n) is 3.27. The first-order valence-corrected chi connectivity index (χ1v) is 10.7. The van der Waals surface area contributed by atoms with Gasteiger partial charge in [-0.2, -0.15) is 0 Å². The van der Waals surface area contributed by atoms with Gasteiger partial charge in [0.2, 0.25) is 5.91 Å². The minimum Gasteiger partial charge on any atom is -0.495 e. The summed E-state index contributed by atoms with van der Waals surface area (Å²) in [5.41, 5.74) is 1.94. The van der Waals surface area contributed by atoms with Gasteiger partial charge < -0.3 is 15.0 Å². The lowest BCUT2D eigenvalue weighted by atomic mass is 10.1. The van der Waals surface area contributed by atoms with Crippen molar-refractivity contribution in [3.63, 3.8) is 0 Å². The fourth-order valence-corrected chi connectivity index (χ4v) is 4.52. The topological polar surface area (TPSA) is 87.7 Å². The number of sulfonamides is 1. The number of carbonyl (C=O) groups excluding carboxylic acids is 1. The van der Waals surface area contributed by atoms with Crippen LogP contribution in [0.5, 0.6) is 5.75 Å². The molecule has 1 heterocycles. The van der Waals surface area contributed by atoms with E-state index in [4.69, 9.17) is 4.74 Å². The van der Waals surface area contributed by atoms with Gasteiger partial charge in [0.1, 0.15) is 10.6 Å². The molecule has 1 fully saturated rings. The number of rotatable bonds is 6. The van der Waals surface area contributed by atoms with Gasteiger partial charge in [0, 0.05) is 37.1 Å². The van der Waals surface area contributed by atoms with Gasteiger partial charge in [-0.25, -0.2) is 8.42 Å². The molecule has 28 heavy (non-hydrogen) atoms. The van der Waals surface area contributed by atoms with Crippen LogP contribution < -0.4 is 19.7 Å². The minimum absolute atomic E-state index is 0.0404. The van der Waals surface area contributed by atoms with Gasteiger partial charge in [0.25, 0.3) is 10.0 Å². The van der Waals surface area contributed by atoms with Crippen LogP contribution in [0.25, 0.3) is 0 Å². The number of methoxy groups -OCH3 is 1. The quantitative estimate of drug-likeness (QED) is 0.771. The number of benzene rings is 2. The van der Waals surface area contributed by atoms with Gasteiger partial charge in [-0.3, -0.25) is 9.52 Å². The predicted octanol–water partition coefficient (Wildman–Crippen LogP) is 3.44. The molecular formula is C20H25N3O4S. The van der Waals surface area contributed by atoms with Crippen molar-refractivity contribution in [1.29, 1.82) is 0 Å². The van der Waals surface area contributed by atoms with E-state index in [1.807, 2.05) is 12.1 Å². The molecule has 2 N–H and O–H groups in total. The zero-order valence-corrected chi connectivity index (χ0v) is 16.9. The Morgan fingerprint density at radius 2 is 1.64 bits per heavy atom. The van der Waals surface area contributed by atoms with Crippen molar-refractivity contribution >= 4 is 33.0 Å². The van der Waals surface area contributed by atoms with Crippen LogP contribution in [0.15, 0.2) is 47.4 Å². The van der Waals surface area contributed by atoms with Gasteiger partial charge in [-0.05, 0) is 61.7 Å². The molecule has 0 saturated carbocycles. The lowest BCUT2D eigenvalue weighted by Crippen LogP contribution is -2.29. The maximum Gasteiger partial charge on any atom is 0.265 e. The molecule has 2 aromatic carbocycles. The smallest absolute Gasteiger partial charge is 0.265 e. The van der Waals surface area contributed by atoms with E-state index < -0.39 is 10.0 Å². The van der Waals surface area contributed by atoms with Crippen molar-refractivity contribution in [3.05, 3.63) is 42.5 Å². The highest BCUT2D eigenvalue weighted by atomic mass is 32.2. The lowest BCUT2D eigenvalue weighted by Gasteiger charge is -2.28. The first kappa shape index (κ1) is 20.0. The molecule has 2 aromatic rings. The summed E-state index contributed by atoms with van der Waals surface area (Å²) in [5.74, 6) is -0.0821. The van der Waals surface area contributed by atoms with Crippen molar-refractivity contribution in [1.82, 2.24) is 0 Å². The molecule has 7 nitrogen and oxygen atoms in total. The van der Waals surface area contributed by atoms with Crippen LogP contribution in [0.2, 0.25) is 0 Å². The van der Waals surface area contributed by atoms with Gasteiger partial charge in [-0.1, -0.05) is 0 Å². The number of piperidine rings is 1. The Morgan fingerprint density at radius 3 is 2.25 bits per heavy atom. The molecule has 1 aliphatic heterocycles. The average Bonchev–Trinajstić information content (AvgIpc) is 2.68. The summed E-state index contributed by atoms with van der Waals surface area (Å²) in [7, 11) is -2.49. The highest BCUT2D eigenvalue weighted by Gasteiger charge is 2.21. The maximum absolute atomic E-state index is 12.9. The predicted molar refractivity (Wildman–Crippen MR) is 111 cm³/mol. The number of nitrogens with one attached hydrogen (secondary N) is 2. The lowest BCUT2D eigenvalue weighted by molar-refractivity contribution is -0.114. The summed E-state index contributed by atoms with van der Waals surface area (Å²) >= 11 is 0. The minimum atomic E-state index is -3.89. The van der Waals surface area contributed by atoms with Gasteiger partial charge >= 0.3 is 0 Å². The van der Waals surface area contributed by atoms with E-state index in [-0.39, 0.29) is 16.6 Å². The molecule has 0 unspecified atom stereocenters. The van der Waals surface area contributed by atoms with Gasteiger partial charge in [0.15, 0.2) is 0 Å². The Hall–Kier alpha value is -2.74. The maximum atomic E-state index is 12.9. The van der Waals surface area contributed by atoms with Crippen LogP contribution in [0.1, 0.15) is 26.2 Å².